The van der Waals surface area contributed by atoms with Gasteiger partial charge in [-0.3, -0.25) is 14.6 Å². The first kappa shape index (κ1) is 14.5. The van der Waals surface area contributed by atoms with Crippen LogP contribution in [0.2, 0.25) is 0 Å². The second kappa shape index (κ2) is 6.04. The Hall–Kier alpha value is -1.89. The van der Waals surface area contributed by atoms with Crippen LogP contribution in [0.5, 0.6) is 0 Å². The molecule has 20 heavy (non-hydrogen) atoms. The van der Waals surface area contributed by atoms with Crippen LogP contribution in [0.3, 0.4) is 0 Å². The van der Waals surface area contributed by atoms with Gasteiger partial charge >= 0.3 is 0 Å². The summed E-state index contributed by atoms with van der Waals surface area (Å²) in [6.45, 7) is 0. The molecule has 1 aromatic carbocycles. The Labute approximate surface area is 120 Å². The van der Waals surface area contributed by atoms with Gasteiger partial charge in [-0.1, -0.05) is 23.9 Å². The van der Waals surface area contributed by atoms with Gasteiger partial charge in [0.05, 0.1) is 5.69 Å². The third kappa shape index (κ3) is 2.67. The van der Waals surface area contributed by atoms with Crippen LogP contribution in [0.1, 0.15) is 6.42 Å². The lowest BCUT2D eigenvalue weighted by Crippen LogP contribution is -2.32. The molecule has 7 heteroatoms. The number of halogens is 1. The molecule has 2 rings (SSSR count). The Balaban J connectivity index is 2.24. The molecule has 0 bridgehead atoms. The van der Waals surface area contributed by atoms with E-state index in [-0.39, 0.29) is 12.1 Å². The maximum absolute atomic E-state index is 13.7. The number of nitrogens with one attached hydrogen (secondary N) is 1. The third-order valence-electron chi connectivity index (χ3n) is 2.87. The zero-order valence-corrected chi connectivity index (χ0v) is 11.9. The fourth-order valence-electron chi connectivity index (χ4n) is 1.94. The number of amidine groups is 1. The first-order chi connectivity index (χ1) is 9.58. The molecule has 106 valence electrons. The molecule has 1 aromatic rings. The van der Waals surface area contributed by atoms with Crippen LogP contribution in [0.25, 0.3) is 0 Å². The van der Waals surface area contributed by atoms with E-state index in [4.69, 9.17) is 0 Å². The van der Waals surface area contributed by atoms with Crippen LogP contribution in [-0.2, 0) is 9.59 Å². The highest BCUT2D eigenvalue weighted by atomic mass is 32.2. The van der Waals surface area contributed by atoms with E-state index in [0.717, 1.165) is 4.90 Å². The van der Waals surface area contributed by atoms with Crippen molar-refractivity contribution >= 4 is 34.4 Å². The molecule has 1 atom stereocenters. The minimum absolute atomic E-state index is 0.00467. The summed E-state index contributed by atoms with van der Waals surface area (Å²) in [5.41, 5.74) is 0.00467. The number of amides is 2. The van der Waals surface area contributed by atoms with Gasteiger partial charge in [-0.2, -0.15) is 0 Å². The topological polar surface area (TPSA) is 61.8 Å². The molecule has 0 aromatic heterocycles. The van der Waals surface area contributed by atoms with E-state index in [1.54, 1.807) is 20.2 Å². The zero-order chi connectivity index (χ0) is 14.7. The van der Waals surface area contributed by atoms with Gasteiger partial charge in [0.25, 0.3) is 0 Å². The monoisotopic (exact) mass is 295 g/mol. The van der Waals surface area contributed by atoms with Crippen molar-refractivity contribution in [1.82, 2.24) is 5.32 Å². The number of rotatable bonds is 2. The van der Waals surface area contributed by atoms with Crippen LogP contribution in [0, 0.1) is 5.82 Å². The van der Waals surface area contributed by atoms with Crippen molar-refractivity contribution in [3.8, 4) is 0 Å². The third-order valence-corrected chi connectivity index (χ3v) is 4.13. The molecule has 1 N–H and O–H groups in total. The summed E-state index contributed by atoms with van der Waals surface area (Å²) in [6, 6.07) is 5.75. The first-order valence-electron chi connectivity index (χ1n) is 6.01. The molecular formula is C13H14FN3O2S. The van der Waals surface area contributed by atoms with Gasteiger partial charge in [0.1, 0.15) is 11.1 Å². The number of para-hydroxylation sites is 1. The number of nitrogens with zero attached hydrogens (tertiary/aromatic N) is 2. The molecule has 0 radical (unpaired) electrons. The number of hydrogen-bond acceptors (Lipinski definition) is 4. The predicted molar refractivity (Wildman–Crippen MR) is 77.3 cm³/mol. The summed E-state index contributed by atoms with van der Waals surface area (Å²) in [7, 11) is 3.28. The fraction of sp³-hybridized carbons (Fsp3) is 0.308. The van der Waals surface area contributed by atoms with Crippen molar-refractivity contribution in [2.24, 2.45) is 4.99 Å². The molecule has 1 aliphatic rings. The molecule has 0 spiro atoms. The molecule has 0 unspecified atom stereocenters. The summed E-state index contributed by atoms with van der Waals surface area (Å²) in [5, 5.41) is 2.82. The molecule has 0 saturated carbocycles. The lowest BCUT2D eigenvalue weighted by atomic mass is 10.3. The predicted octanol–water partition coefficient (Wildman–Crippen LogP) is 1.40. The van der Waals surface area contributed by atoms with Crippen molar-refractivity contribution < 1.29 is 14.0 Å². The lowest BCUT2D eigenvalue weighted by molar-refractivity contribution is -0.121. The molecule has 1 saturated heterocycles. The molecule has 5 nitrogen and oxygen atoms in total. The van der Waals surface area contributed by atoms with E-state index in [2.05, 4.69) is 10.3 Å². The average molecular weight is 295 g/mol. The van der Waals surface area contributed by atoms with E-state index in [9.17, 15) is 14.0 Å². The number of thioether (sulfide) groups is 1. The molecule has 1 aliphatic heterocycles. The van der Waals surface area contributed by atoms with Crippen LogP contribution < -0.4 is 10.2 Å². The number of carbonyl (C=O) groups is 2. The van der Waals surface area contributed by atoms with E-state index < -0.39 is 22.9 Å². The number of hydrogen-bond donors (Lipinski definition) is 1. The van der Waals surface area contributed by atoms with Crippen molar-refractivity contribution in [3.63, 3.8) is 0 Å². The molecule has 1 fully saturated rings. The van der Waals surface area contributed by atoms with Crippen molar-refractivity contribution in [2.45, 2.75) is 11.7 Å². The molecule has 2 amide bonds. The van der Waals surface area contributed by atoms with E-state index in [0.29, 0.717) is 5.17 Å². The van der Waals surface area contributed by atoms with Gasteiger partial charge in [-0.15, -0.1) is 0 Å². The minimum Gasteiger partial charge on any atom is -0.368 e. The average Bonchev–Trinajstić information content (AvgIpc) is 2.72. The number of carbonyl (C=O) groups excluding carboxylic acids is 2. The summed E-state index contributed by atoms with van der Waals surface area (Å²) in [6.07, 6.45) is 0.0402. The number of anilines is 1. The van der Waals surface area contributed by atoms with E-state index in [1.165, 1.54) is 30.0 Å². The Kier molecular flexibility index (Phi) is 4.39. The summed E-state index contributed by atoms with van der Waals surface area (Å²) in [5.74, 6) is -1.40. The molecule has 0 aliphatic carbocycles. The maximum Gasteiger partial charge on any atom is 0.247 e. The van der Waals surface area contributed by atoms with E-state index >= 15 is 0 Å². The van der Waals surface area contributed by atoms with Crippen LogP contribution >= 0.6 is 11.8 Å². The standard InChI is InChI=1S/C13H14FN3O2S/c1-15-13(16-2)20-10-7-11(18)17(12(10)19)9-6-4-3-5-8(9)14/h3-6,10H,7H2,1-2H3,(H,15,16)/t10-/m1/s1. The number of aliphatic imine (C=N–C) groups is 1. The highest BCUT2D eigenvalue weighted by molar-refractivity contribution is 8.15. The number of imide groups is 1. The summed E-state index contributed by atoms with van der Waals surface area (Å²) in [4.78, 5) is 29.1. The quantitative estimate of drug-likeness (QED) is 0.509. The molecule has 1 heterocycles. The highest BCUT2D eigenvalue weighted by Crippen LogP contribution is 2.31. The summed E-state index contributed by atoms with van der Waals surface area (Å²) >= 11 is 1.17. The largest absolute Gasteiger partial charge is 0.368 e. The van der Waals surface area contributed by atoms with Crippen LogP contribution in [0.4, 0.5) is 10.1 Å². The second-order valence-corrected chi connectivity index (χ2v) is 5.30. The van der Waals surface area contributed by atoms with Crippen LogP contribution in [-0.4, -0.2) is 36.3 Å². The van der Waals surface area contributed by atoms with Gasteiger partial charge in [0.2, 0.25) is 11.8 Å². The molecular weight excluding hydrogens is 281 g/mol. The van der Waals surface area contributed by atoms with Crippen LogP contribution in [0.15, 0.2) is 29.3 Å². The summed E-state index contributed by atoms with van der Waals surface area (Å²) < 4.78 is 13.7. The van der Waals surface area contributed by atoms with Gasteiger partial charge in [-0.05, 0) is 12.1 Å². The van der Waals surface area contributed by atoms with Crippen molar-refractivity contribution in [1.29, 1.82) is 0 Å². The zero-order valence-electron chi connectivity index (χ0n) is 11.1. The Morgan fingerprint density at radius 1 is 1.45 bits per heavy atom. The van der Waals surface area contributed by atoms with E-state index in [1.807, 2.05) is 0 Å². The maximum atomic E-state index is 13.7. The van der Waals surface area contributed by atoms with Gasteiger partial charge in [0.15, 0.2) is 5.17 Å². The highest BCUT2D eigenvalue weighted by Gasteiger charge is 2.41. The fourth-order valence-corrected chi connectivity index (χ4v) is 2.87. The first-order valence-corrected chi connectivity index (χ1v) is 6.89. The minimum atomic E-state index is -0.585. The van der Waals surface area contributed by atoms with Gasteiger partial charge < -0.3 is 5.32 Å². The van der Waals surface area contributed by atoms with Crippen molar-refractivity contribution in [3.05, 3.63) is 30.1 Å². The van der Waals surface area contributed by atoms with Gasteiger partial charge in [-0.25, -0.2) is 9.29 Å². The Morgan fingerprint density at radius 2 is 2.15 bits per heavy atom. The smallest absolute Gasteiger partial charge is 0.247 e. The Bertz CT molecular complexity index is 576. The Morgan fingerprint density at radius 3 is 2.75 bits per heavy atom. The van der Waals surface area contributed by atoms with Gasteiger partial charge in [0, 0.05) is 20.5 Å². The number of benzene rings is 1. The second-order valence-electron chi connectivity index (χ2n) is 4.11. The van der Waals surface area contributed by atoms with Crippen molar-refractivity contribution in [2.75, 3.05) is 19.0 Å². The lowest BCUT2D eigenvalue weighted by Gasteiger charge is -2.15. The normalized spacial score (nSPS) is 19.6. The SMILES string of the molecule is CN=C(NC)S[C@@H]1CC(=O)N(c2ccccc2F)C1=O.